The third-order valence-electron chi connectivity index (χ3n) is 6.59. The molecular formula is C19H26F3N3O3S. The molecule has 0 radical (unpaired) electrons. The first-order chi connectivity index (χ1) is 13.3. The molecular weight excluding hydrogens is 407 g/mol. The molecule has 162 valence electrons. The van der Waals surface area contributed by atoms with Crippen LogP contribution in [0, 0.1) is 12.3 Å². The Morgan fingerprint density at radius 2 is 1.72 bits per heavy atom. The van der Waals surface area contributed by atoms with Gasteiger partial charge in [-0.25, -0.2) is 13.4 Å². The standard InChI is InChI=1S/C19H26F3N3O3S/c1-13-15(3-4-16(23-13)19(20,21)22)29(27,28)25-11-18(12-25)9-24(10-18)14-5-7-17(2,26)8-6-14/h3-4,14,26H,5-12H2,1-2H3. The number of aliphatic hydroxyl groups is 1. The molecule has 1 saturated carbocycles. The van der Waals surface area contributed by atoms with Crippen molar-refractivity contribution in [3.05, 3.63) is 23.5 Å². The van der Waals surface area contributed by atoms with Crippen molar-refractivity contribution in [2.24, 2.45) is 5.41 Å². The van der Waals surface area contributed by atoms with Crippen molar-refractivity contribution in [2.45, 2.75) is 62.2 Å². The van der Waals surface area contributed by atoms with E-state index in [4.69, 9.17) is 0 Å². The predicted octanol–water partition coefficient (Wildman–Crippen LogP) is 2.41. The van der Waals surface area contributed by atoms with E-state index >= 15 is 0 Å². The molecule has 10 heteroatoms. The van der Waals surface area contributed by atoms with Gasteiger partial charge in [0, 0.05) is 37.6 Å². The van der Waals surface area contributed by atoms with E-state index in [0.29, 0.717) is 19.1 Å². The molecule has 2 aliphatic heterocycles. The van der Waals surface area contributed by atoms with Crippen LogP contribution in [0.3, 0.4) is 0 Å². The lowest BCUT2D eigenvalue weighted by molar-refractivity contribution is -0.141. The molecule has 0 bridgehead atoms. The van der Waals surface area contributed by atoms with E-state index in [1.165, 1.54) is 11.2 Å². The van der Waals surface area contributed by atoms with Gasteiger partial charge < -0.3 is 5.11 Å². The van der Waals surface area contributed by atoms with Crippen LogP contribution >= 0.6 is 0 Å². The lowest BCUT2D eigenvalue weighted by atomic mass is 9.72. The van der Waals surface area contributed by atoms with Gasteiger partial charge in [0.15, 0.2) is 0 Å². The van der Waals surface area contributed by atoms with Crippen LogP contribution in [0.15, 0.2) is 17.0 Å². The number of likely N-dealkylation sites (tertiary alicyclic amines) is 1. The van der Waals surface area contributed by atoms with Crippen LogP contribution in [0.25, 0.3) is 0 Å². The molecule has 6 nitrogen and oxygen atoms in total. The van der Waals surface area contributed by atoms with E-state index in [1.807, 2.05) is 6.92 Å². The van der Waals surface area contributed by atoms with E-state index in [1.54, 1.807) is 0 Å². The fourth-order valence-electron chi connectivity index (χ4n) is 4.85. The highest BCUT2D eigenvalue weighted by Crippen LogP contribution is 2.45. The van der Waals surface area contributed by atoms with Crippen LogP contribution in [0.2, 0.25) is 0 Å². The Hall–Kier alpha value is -1.23. The summed E-state index contributed by atoms with van der Waals surface area (Å²) in [7, 11) is -3.85. The van der Waals surface area contributed by atoms with Crippen molar-refractivity contribution in [3.8, 4) is 0 Å². The van der Waals surface area contributed by atoms with Crippen LogP contribution in [0.5, 0.6) is 0 Å². The van der Waals surface area contributed by atoms with Crippen molar-refractivity contribution in [1.82, 2.24) is 14.2 Å². The number of hydrogen-bond acceptors (Lipinski definition) is 5. The molecule has 0 unspecified atom stereocenters. The van der Waals surface area contributed by atoms with Gasteiger partial charge in [-0.3, -0.25) is 4.90 Å². The molecule has 0 aromatic carbocycles. The number of rotatable bonds is 3. The van der Waals surface area contributed by atoms with E-state index < -0.39 is 27.5 Å². The van der Waals surface area contributed by atoms with Gasteiger partial charge in [0.25, 0.3) is 0 Å². The van der Waals surface area contributed by atoms with Crippen LogP contribution in [-0.2, 0) is 16.2 Å². The maximum atomic E-state index is 12.8. The molecule has 3 heterocycles. The number of aromatic nitrogens is 1. The maximum Gasteiger partial charge on any atom is 0.433 e. The van der Waals surface area contributed by atoms with Gasteiger partial charge >= 0.3 is 6.18 Å². The van der Waals surface area contributed by atoms with Gasteiger partial charge in [-0.15, -0.1) is 0 Å². The van der Waals surface area contributed by atoms with Crippen LogP contribution in [-0.4, -0.2) is 65.5 Å². The predicted molar refractivity (Wildman–Crippen MR) is 99.6 cm³/mol. The summed E-state index contributed by atoms with van der Waals surface area (Å²) in [6.07, 6.45) is -1.15. The molecule has 1 N–H and O–H groups in total. The third-order valence-corrected chi connectivity index (χ3v) is 8.52. The molecule has 29 heavy (non-hydrogen) atoms. The largest absolute Gasteiger partial charge is 0.433 e. The number of nitrogens with zero attached hydrogens (tertiary/aromatic N) is 3. The summed E-state index contributed by atoms with van der Waals surface area (Å²) in [5, 5.41) is 10.1. The molecule has 1 aromatic rings. The average Bonchev–Trinajstić information content (AvgIpc) is 2.52. The number of aryl methyl sites for hydroxylation is 1. The first-order valence-electron chi connectivity index (χ1n) is 9.83. The molecule has 1 spiro atoms. The molecule has 3 aliphatic rings. The molecule has 4 rings (SSSR count). The Balaban J connectivity index is 1.37. The van der Waals surface area contributed by atoms with E-state index in [-0.39, 0.29) is 16.0 Å². The Morgan fingerprint density at radius 3 is 2.24 bits per heavy atom. The van der Waals surface area contributed by atoms with Crippen LogP contribution in [0.4, 0.5) is 13.2 Å². The molecule has 0 amide bonds. The highest BCUT2D eigenvalue weighted by molar-refractivity contribution is 7.89. The zero-order valence-electron chi connectivity index (χ0n) is 16.5. The summed E-state index contributed by atoms with van der Waals surface area (Å²) >= 11 is 0. The number of alkyl halides is 3. The Labute approximate surface area is 168 Å². The summed E-state index contributed by atoms with van der Waals surface area (Å²) in [5.74, 6) is 0. The normalized spacial score (nSPS) is 30.8. The van der Waals surface area contributed by atoms with E-state index in [2.05, 4.69) is 9.88 Å². The van der Waals surface area contributed by atoms with Crippen LogP contribution in [0.1, 0.15) is 44.0 Å². The average molecular weight is 433 g/mol. The fraction of sp³-hybridized carbons (Fsp3) is 0.737. The second-order valence-electron chi connectivity index (χ2n) is 9.18. The summed E-state index contributed by atoms with van der Waals surface area (Å²) in [4.78, 5) is 5.65. The van der Waals surface area contributed by atoms with Gasteiger partial charge in [0.05, 0.1) is 11.3 Å². The summed E-state index contributed by atoms with van der Waals surface area (Å²) in [5.41, 5.74) is -1.85. The minimum absolute atomic E-state index is 0.0553. The molecule has 1 aromatic heterocycles. The van der Waals surface area contributed by atoms with Gasteiger partial charge in [0.1, 0.15) is 10.6 Å². The molecule has 0 atom stereocenters. The Kier molecular flexibility index (Phi) is 4.81. The second-order valence-corrected chi connectivity index (χ2v) is 11.1. The minimum atomic E-state index is -4.60. The zero-order valence-corrected chi connectivity index (χ0v) is 17.4. The minimum Gasteiger partial charge on any atom is -0.390 e. The number of pyridine rings is 1. The maximum absolute atomic E-state index is 12.8. The van der Waals surface area contributed by atoms with Crippen molar-refractivity contribution < 1.29 is 26.7 Å². The highest BCUT2D eigenvalue weighted by Gasteiger charge is 2.56. The molecule has 2 saturated heterocycles. The van der Waals surface area contributed by atoms with Crippen molar-refractivity contribution in [2.75, 3.05) is 26.2 Å². The SMILES string of the molecule is Cc1nc(C(F)(F)F)ccc1S(=O)(=O)N1CC2(CN(C3CCC(C)(O)CC3)C2)C1. The second kappa shape index (κ2) is 6.63. The first kappa shape index (κ1) is 21.0. The molecule has 3 fully saturated rings. The van der Waals surface area contributed by atoms with Crippen molar-refractivity contribution in [1.29, 1.82) is 0 Å². The van der Waals surface area contributed by atoms with Gasteiger partial charge in [-0.2, -0.15) is 17.5 Å². The van der Waals surface area contributed by atoms with Crippen LogP contribution < -0.4 is 0 Å². The smallest absolute Gasteiger partial charge is 0.390 e. The van der Waals surface area contributed by atoms with Gasteiger partial charge in [-0.05, 0) is 51.7 Å². The quantitative estimate of drug-likeness (QED) is 0.793. The Bertz CT molecular complexity index is 893. The lowest BCUT2D eigenvalue weighted by Gasteiger charge is -2.62. The summed E-state index contributed by atoms with van der Waals surface area (Å²) in [6, 6.07) is 2.17. The topological polar surface area (TPSA) is 73.7 Å². The zero-order chi connectivity index (χ0) is 21.2. The van der Waals surface area contributed by atoms with E-state index in [9.17, 15) is 26.7 Å². The van der Waals surface area contributed by atoms with Gasteiger partial charge in [0.2, 0.25) is 10.0 Å². The highest BCUT2D eigenvalue weighted by atomic mass is 32.2. The number of sulfonamides is 1. The third kappa shape index (κ3) is 3.80. The van der Waals surface area contributed by atoms with Gasteiger partial charge in [-0.1, -0.05) is 0 Å². The fourth-order valence-corrected chi connectivity index (χ4v) is 6.68. The molecule has 1 aliphatic carbocycles. The van der Waals surface area contributed by atoms with Crippen molar-refractivity contribution >= 4 is 10.0 Å². The first-order valence-corrected chi connectivity index (χ1v) is 11.3. The van der Waals surface area contributed by atoms with Crippen molar-refractivity contribution in [3.63, 3.8) is 0 Å². The Morgan fingerprint density at radius 1 is 1.14 bits per heavy atom. The monoisotopic (exact) mass is 433 g/mol. The summed E-state index contributed by atoms with van der Waals surface area (Å²) in [6.45, 7) is 5.59. The van der Waals surface area contributed by atoms with E-state index in [0.717, 1.165) is 50.9 Å². The lowest BCUT2D eigenvalue weighted by Crippen LogP contribution is -2.74. The summed E-state index contributed by atoms with van der Waals surface area (Å²) < 4.78 is 65.4. The number of halogens is 3. The number of hydrogen-bond donors (Lipinski definition) is 1.